The fourth-order valence-electron chi connectivity index (χ4n) is 1.64. The van der Waals surface area contributed by atoms with Gasteiger partial charge < -0.3 is 14.7 Å². The molecule has 5 heteroatoms. The SMILES string of the molecule is CN(C(=O)COc1cccc(Cl)c1)c1cccc(O)c1. The van der Waals surface area contributed by atoms with Gasteiger partial charge in [0.25, 0.3) is 5.91 Å². The number of rotatable bonds is 4. The van der Waals surface area contributed by atoms with Crippen molar-refractivity contribution >= 4 is 23.2 Å². The molecule has 1 amide bonds. The lowest BCUT2D eigenvalue weighted by Crippen LogP contribution is -2.31. The molecule has 0 aromatic heterocycles. The first-order valence-corrected chi connectivity index (χ1v) is 6.38. The van der Waals surface area contributed by atoms with E-state index in [1.165, 1.54) is 11.0 Å². The van der Waals surface area contributed by atoms with Crippen LogP contribution in [0.15, 0.2) is 48.5 Å². The molecule has 0 saturated heterocycles. The minimum absolute atomic E-state index is 0.105. The van der Waals surface area contributed by atoms with Gasteiger partial charge in [-0.15, -0.1) is 0 Å². The molecule has 0 atom stereocenters. The summed E-state index contributed by atoms with van der Waals surface area (Å²) in [4.78, 5) is 13.4. The lowest BCUT2D eigenvalue weighted by atomic mass is 10.3. The van der Waals surface area contributed by atoms with Gasteiger partial charge in [0.2, 0.25) is 0 Å². The Labute approximate surface area is 122 Å². The molecule has 4 nitrogen and oxygen atoms in total. The molecular formula is C15H14ClNO3. The summed E-state index contributed by atoms with van der Waals surface area (Å²) in [5, 5.41) is 9.95. The van der Waals surface area contributed by atoms with E-state index in [-0.39, 0.29) is 18.3 Å². The Balaban J connectivity index is 1.98. The second-order valence-electron chi connectivity index (χ2n) is 4.22. The number of phenolic OH excluding ortho intramolecular Hbond substituents is 1. The quantitative estimate of drug-likeness (QED) is 0.942. The Hall–Kier alpha value is -2.20. The number of anilines is 1. The summed E-state index contributed by atoms with van der Waals surface area (Å²) < 4.78 is 5.38. The normalized spacial score (nSPS) is 10.1. The summed E-state index contributed by atoms with van der Waals surface area (Å²) in [5.41, 5.74) is 0.602. The number of phenols is 1. The molecule has 104 valence electrons. The van der Waals surface area contributed by atoms with Crippen molar-refractivity contribution in [2.75, 3.05) is 18.6 Å². The molecule has 2 aromatic rings. The van der Waals surface area contributed by atoms with Crippen molar-refractivity contribution in [3.8, 4) is 11.5 Å². The molecule has 20 heavy (non-hydrogen) atoms. The van der Waals surface area contributed by atoms with Crippen LogP contribution in [0.1, 0.15) is 0 Å². The zero-order chi connectivity index (χ0) is 14.5. The molecule has 0 bridgehead atoms. The molecule has 0 aliphatic heterocycles. The zero-order valence-electron chi connectivity index (χ0n) is 10.9. The third kappa shape index (κ3) is 3.65. The molecular weight excluding hydrogens is 278 g/mol. The minimum Gasteiger partial charge on any atom is -0.508 e. The van der Waals surface area contributed by atoms with Crippen LogP contribution in [0.5, 0.6) is 11.5 Å². The van der Waals surface area contributed by atoms with Gasteiger partial charge in [0.15, 0.2) is 6.61 Å². The van der Waals surface area contributed by atoms with Gasteiger partial charge in [-0.05, 0) is 30.3 Å². The van der Waals surface area contributed by atoms with Gasteiger partial charge in [-0.2, -0.15) is 0 Å². The van der Waals surface area contributed by atoms with Crippen molar-refractivity contribution in [2.45, 2.75) is 0 Å². The number of aromatic hydroxyl groups is 1. The fraction of sp³-hybridized carbons (Fsp3) is 0.133. The predicted octanol–water partition coefficient (Wildman–Crippen LogP) is 3.09. The van der Waals surface area contributed by atoms with Gasteiger partial charge >= 0.3 is 0 Å². The summed E-state index contributed by atoms with van der Waals surface area (Å²) >= 11 is 5.83. The highest BCUT2D eigenvalue weighted by molar-refractivity contribution is 6.30. The van der Waals surface area contributed by atoms with Gasteiger partial charge in [0.1, 0.15) is 11.5 Å². The van der Waals surface area contributed by atoms with Gasteiger partial charge in [0.05, 0.1) is 0 Å². The van der Waals surface area contributed by atoms with Crippen molar-refractivity contribution in [1.82, 2.24) is 0 Å². The Kier molecular flexibility index (Phi) is 4.48. The Morgan fingerprint density at radius 2 is 2.00 bits per heavy atom. The van der Waals surface area contributed by atoms with Gasteiger partial charge in [-0.1, -0.05) is 23.7 Å². The van der Waals surface area contributed by atoms with E-state index in [0.29, 0.717) is 16.5 Å². The van der Waals surface area contributed by atoms with Gasteiger partial charge in [-0.3, -0.25) is 4.79 Å². The fourth-order valence-corrected chi connectivity index (χ4v) is 1.82. The van der Waals surface area contributed by atoms with E-state index in [1.807, 2.05) is 0 Å². The monoisotopic (exact) mass is 291 g/mol. The van der Waals surface area contributed by atoms with Crippen molar-refractivity contribution in [1.29, 1.82) is 0 Å². The number of hydrogen-bond acceptors (Lipinski definition) is 3. The third-order valence-electron chi connectivity index (χ3n) is 2.75. The average Bonchev–Trinajstić information content (AvgIpc) is 2.44. The number of amides is 1. The Bertz CT molecular complexity index is 616. The molecule has 0 spiro atoms. The van der Waals surface area contributed by atoms with E-state index >= 15 is 0 Å². The second-order valence-corrected chi connectivity index (χ2v) is 4.66. The van der Waals surface area contributed by atoms with Crippen molar-refractivity contribution in [3.05, 3.63) is 53.6 Å². The summed E-state index contributed by atoms with van der Waals surface area (Å²) in [6.07, 6.45) is 0. The largest absolute Gasteiger partial charge is 0.508 e. The number of benzene rings is 2. The first-order valence-electron chi connectivity index (χ1n) is 6.00. The first kappa shape index (κ1) is 14.2. The van der Waals surface area contributed by atoms with Crippen LogP contribution >= 0.6 is 11.6 Å². The number of carbonyl (C=O) groups is 1. The van der Waals surface area contributed by atoms with Crippen LogP contribution in [0.2, 0.25) is 5.02 Å². The summed E-state index contributed by atoms with van der Waals surface area (Å²) in [7, 11) is 1.62. The van der Waals surface area contributed by atoms with Crippen LogP contribution in [0, 0.1) is 0 Å². The number of likely N-dealkylation sites (N-methyl/N-ethyl adjacent to an activating group) is 1. The molecule has 0 unspecified atom stereocenters. The number of nitrogens with zero attached hydrogens (tertiary/aromatic N) is 1. The Morgan fingerprint density at radius 3 is 2.70 bits per heavy atom. The lowest BCUT2D eigenvalue weighted by Gasteiger charge is -2.17. The molecule has 2 aromatic carbocycles. The maximum Gasteiger partial charge on any atom is 0.264 e. The van der Waals surface area contributed by atoms with E-state index in [4.69, 9.17) is 16.3 Å². The maximum absolute atomic E-state index is 12.0. The molecule has 2 rings (SSSR count). The first-order chi connectivity index (χ1) is 9.56. The van der Waals surface area contributed by atoms with E-state index in [2.05, 4.69) is 0 Å². The summed E-state index contributed by atoms with van der Waals surface area (Å²) in [6.45, 7) is -0.105. The highest BCUT2D eigenvalue weighted by atomic mass is 35.5. The smallest absolute Gasteiger partial charge is 0.264 e. The highest BCUT2D eigenvalue weighted by Crippen LogP contribution is 2.20. The number of halogens is 1. The van der Waals surface area contributed by atoms with Crippen LogP contribution in [-0.4, -0.2) is 24.7 Å². The zero-order valence-corrected chi connectivity index (χ0v) is 11.7. The standard InChI is InChI=1S/C15H14ClNO3/c1-17(12-5-3-6-13(18)9-12)15(19)10-20-14-7-2-4-11(16)8-14/h2-9,18H,10H2,1H3. The average molecular weight is 292 g/mol. The molecule has 0 heterocycles. The summed E-state index contributed by atoms with van der Waals surface area (Å²) in [6, 6.07) is 13.3. The van der Waals surface area contributed by atoms with Crippen molar-refractivity contribution in [2.24, 2.45) is 0 Å². The van der Waals surface area contributed by atoms with E-state index in [1.54, 1.807) is 49.5 Å². The molecule has 0 aliphatic rings. The molecule has 0 radical (unpaired) electrons. The van der Waals surface area contributed by atoms with Crippen LogP contribution in [0.25, 0.3) is 0 Å². The molecule has 0 fully saturated rings. The van der Waals surface area contributed by atoms with E-state index < -0.39 is 0 Å². The topological polar surface area (TPSA) is 49.8 Å². The molecule has 1 N–H and O–H groups in total. The minimum atomic E-state index is -0.226. The second kappa shape index (κ2) is 6.30. The van der Waals surface area contributed by atoms with Gasteiger partial charge in [0, 0.05) is 23.8 Å². The van der Waals surface area contributed by atoms with Crippen LogP contribution < -0.4 is 9.64 Å². The van der Waals surface area contributed by atoms with Crippen LogP contribution in [0.3, 0.4) is 0 Å². The number of ether oxygens (including phenoxy) is 1. The number of carbonyl (C=O) groups excluding carboxylic acids is 1. The van der Waals surface area contributed by atoms with Crippen LogP contribution in [-0.2, 0) is 4.79 Å². The van der Waals surface area contributed by atoms with Crippen molar-refractivity contribution in [3.63, 3.8) is 0 Å². The highest BCUT2D eigenvalue weighted by Gasteiger charge is 2.12. The van der Waals surface area contributed by atoms with Crippen molar-refractivity contribution < 1.29 is 14.6 Å². The molecule has 0 saturated carbocycles. The summed E-state index contributed by atoms with van der Waals surface area (Å²) in [5.74, 6) is 0.420. The Morgan fingerprint density at radius 1 is 1.25 bits per heavy atom. The third-order valence-corrected chi connectivity index (χ3v) is 2.98. The van der Waals surface area contributed by atoms with Gasteiger partial charge in [-0.25, -0.2) is 0 Å². The van der Waals surface area contributed by atoms with E-state index in [0.717, 1.165) is 0 Å². The van der Waals surface area contributed by atoms with E-state index in [9.17, 15) is 9.90 Å². The predicted molar refractivity (Wildman–Crippen MR) is 78.5 cm³/mol. The lowest BCUT2D eigenvalue weighted by molar-refractivity contribution is -0.120. The number of hydrogen-bond donors (Lipinski definition) is 1. The molecule has 0 aliphatic carbocycles. The maximum atomic E-state index is 12.0. The van der Waals surface area contributed by atoms with Crippen LogP contribution in [0.4, 0.5) is 5.69 Å².